The molecular weight excluding hydrogens is 247 g/mol. The fraction of sp³-hybridized carbons (Fsp3) is 0.900. The van der Waals surface area contributed by atoms with Crippen LogP contribution in [0.25, 0.3) is 0 Å². The van der Waals surface area contributed by atoms with E-state index in [9.17, 15) is 26.7 Å². The lowest BCUT2D eigenvalue weighted by atomic mass is 10.0. The first-order valence-corrected chi connectivity index (χ1v) is 5.31. The van der Waals surface area contributed by atoms with Crippen molar-refractivity contribution in [3.63, 3.8) is 0 Å². The molecule has 7 heteroatoms. The molecule has 0 heterocycles. The Balaban J connectivity index is 4.34. The van der Waals surface area contributed by atoms with Crippen molar-refractivity contribution in [3.05, 3.63) is 0 Å². The lowest BCUT2D eigenvalue weighted by molar-refractivity contribution is -0.208. The second-order valence-electron chi connectivity index (χ2n) is 3.81. The van der Waals surface area contributed by atoms with Gasteiger partial charge in [-0.2, -0.15) is 22.0 Å². The van der Waals surface area contributed by atoms with Crippen LogP contribution in [0, 0.1) is 0 Å². The molecule has 0 saturated heterocycles. The van der Waals surface area contributed by atoms with E-state index >= 15 is 0 Å². The minimum atomic E-state index is -5.63. The molecule has 0 aromatic carbocycles. The van der Waals surface area contributed by atoms with E-state index in [1.54, 1.807) is 0 Å². The Kier molecular flexibility index (Phi) is 6.01. The van der Waals surface area contributed by atoms with Crippen LogP contribution >= 0.6 is 0 Å². The number of rotatable bonds is 7. The predicted octanol–water partition coefficient (Wildman–Crippen LogP) is 3.08. The molecule has 0 saturated carbocycles. The Morgan fingerprint density at radius 2 is 1.65 bits per heavy atom. The molecule has 0 rings (SSSR count). The molecule has 0 aromatic rings. The Hall–Kier alpha value is -0.720. The summed E-state index contributed by atoms with van der Waals surface area (Å²) in [5.41, 5.74) is 0. The Labute approximate surface area is 95.8 Å². The lowest BCUT2D eigenvalue weighted by Crippen LogP contribution is -2.48. The fourth-order valence-corrected chi connectivity index (χ4v) is 1.29. The van der Waals surface area contributed by atoms with E-state index < -0.39 is 30.4 Å². The minimum absolute atomic E-state index is 0.162. The number of ketones is 1. The predicted molar refractivity (Wildman–Crippen MR) is 50.8 cm³/mol. The van der Waals surface area contributed by atoms with Gasteiger partial charge in [-0.3, -0.25) is 4.79 Å². The number of carbonyl (C=O) groups excluding carboxylic acids is 1. The minimum Gasteiger partial charge on any atom is -0.386 e. The van der Waals surface area contributed by atoms with Crippen LogP contribution in [0.2, 0.25) is 0 Å². The quantitative estimate of drug-likeness (QED) is 0.565. The smallest absolute Gasteiger partial charge is 0.386 e. The highest BCUT2D eigenvalue weighted by Crippen LogP contribution is 2.32. The standard InChI is InChI=1S/C10H15F5O2/c1-2-3-4-5-6-7(16)9(11,12)8(17)10(13,14)15/h7,16H,2-6H2,1H3. The van der Waals surface area contributed by atoms with Gasteiger partial charge in [0.05, 0.1) is 0 Å². The highest BCUT2D eigenvalue weighted by atomic mass is 19.4. The van der Waals surface area contributed by atoms with Crippen molar-refractivity contribution in [1.82, 2.24) is 0 Å². The summed E-state index contributed by atoms with van der Waals surface area (Å²) >= 11 is 0. The monoisotopic (exact) mass is 262 g/mol. The Morgan fingerprint density at radius 1 is 1.12 bits per heavy atom. The number of Topliss-reactive ketones (excluding diaryl/α,β-unsaturated/α-hetero) is 1. The summed E-state index contributed by atoms with van der Waals surface area (Å²) in [5, 5.41) is 8.94. The van der Waals surface area contributed by atoms with Crippen LogP contribution in [0.3, 0.4) is 0 Å². The molecular formula is C10H15F5O2. The Bertz CT molecular complexity index is 250. The van der Waals surface area contributed by atoms with Crippen molar-refractivity contribution in [2.24, 2.45) is 0 Å². The number of aliphatic hydroxyl groups is 1. The van der Waals surface area contributed by atoms with Gasteiger partial charge in [0.15, 0.2) is 0 Å². The second kappa shape index (κ2) is 6.28. The number of alkyl halides is 5. The van der Waals surface area contributed by atoms with E-state index in [1.807, 2.05) is 6.92 Å². The summed E-state index contributed by atoms with van der Waals surface area (Å²) in [4.78, 5) is 10.4. The topological polar surface area (TPSA) is 37.3 Å². The summed E-state index contributed by atoms with van der Waals surface area (Å²) in [6, 6.07) is 0. The summed E-state index contributed by atoms with van der Waals surface area (Å²) in [5.74, 6) is -7.95. The van der Waals surface area contributed by atoms with Crippen LogP contribution in [0.5, 0.6) is 0 Å². The average Bonchev–Trinajstić information content (AvgIpc) is 2.21. The first-order chi connectivity index (χ1) is 7.64. The van der Waals surface area contributed by atoms with Crippen molar-refractivity contribution in [2.45, 2.75) is 57.2 Å². The van der Waals surface area contributed by atoms with Crippen molar-refractivity contribution >= 4 is 5.78 Å². The van der Waals surface area contributed by atoms with E-state index in [-0.39, 0.29) is 6.42 Å². The zero-order chi connectivity index (χ0) is 13.7. The van der Waals surface area contributed by atoms with Crippen LogP contribution in [0.4, 0.5) is 22.0 Å². The maximum atomic E-state index is 12.9. The molecule has 0 bridgehead atoms. The van der Waals surface area contributed by atoms with Crippen LogP contribution in [0.15, 0.2) is 0 Å². The van der Waals surface area contributed by atoms with E-state index in [2.05, 4.69) is 0 Å². The second-order valence-corrected chi connectivity index (χ2v) is 3.81. The zero-order valence-corrected chi connectivity index (χ0v) is 9.36. The number of unbranched alkanes of at least 4 members (excludes halogenated alkanes) is 3. The molecule has 0 aliphatic rings. The van der Waals surface area contributed by atoms with Gasteiger partial charge < -0.3 is 5.11 Å². The molecule has 0 aliphatic carbocycles. The van der Waals surface area contributed by atoms with E-state index in [1.165, 1.54) is 0 Å². The maximum Gasteiger partial charge on any atom is 0.456 e. The highest BCUT2D eigenvalue weighted by Gasteiger charge is 2.58. The molecule has 0 spiro atoms. The van der Waals surface area contributed by atoms with Gasteiger partial charge in [0, 0.05) is 0 Å². The molecule has 2 nitrogen and oxygen atoms in total. The number of aliphatic hydroxyl groups excluding tert-OH is 1. The summed E-state index contributed by atoms with van der Waals surface area (Å²) in [6.07, 6.45) is -6.46. The lowest BCUT2D eigenvalue weighted by Gasteiger charge is -2.22. The van der Waals surface area contributed by atoms with Gasteiger partial charge in [-0.05, 0) is 6.42 Å². The van der Waals surface area contributed by atoms with Gasteiger partial charge in [0.1, 0.15) is 6.10 Å². The van der Waals surface area contributed by atoms with Crippen molar-refractivity contribution < 1.29 is 31.9 Å². The highest BCUT2D eigenvalue weighted by molar-refractivity contribution is 5.91. The molecule has 17 heavy (non-hydrogen) atoms. The SMILES string of the molecule is CCCCCCC(O)C(F)(F)C(=O)C(F)(F)F. The van der Waals surface area contributed by atoms with E-state index in [0.717, 1.165) is 12.8 Å². The molecule has 1 unspecified atom stereocenters. The van der Waals surface area contributed by atoms with Gasteiger partial charge in [-0.1, -0.05) is 32.6 Å². The first-order valence-electron chi connectivity index (χ1n) is 5.31. The molecule has 0 aromatic heterocycles. The molecule has 1 atom stereocenters. The van der Waals surface area contributed by atoms with Gasteiger partial charge in [0.25, 0.3) is 0 Å². The first kappa shape index (κ1) is 16.3. The third-order valence-electron chi connectivity index (χ3n) is 2.31. The van der Waals surface area contributed by atoms with E-state index in [0.29, 0.717) is 6.42 Å². The normalized spacial score (nSPS) is 14.8. The molecule has 1 N–H and O–H groups in total. The third-order valence-corrected chi connectivity index (χ3v) is 2.31. The summed E-state index contributed by atoms with van der Waals surface area (Å²) in [7, 11) is 0. The van der Waals surface area contributed by atoms with Crippen LogP contribution in [-0.4, -0.2) is 29.1 Å². The summed E-state index contributed by atoms with van der Waals surface area (Å²) < 4.78 is 61.2. The van der Waals surface area contributed by atoms with Crippen molar-refractivity contribution in [2.75, 3.05) is 0 Å². The number of carbonyl (C=O) groups is 1. The maximum absolute atomic E-state index is 12.9. The van der Waals surface area contributed by atoms with Gasteiger partial charge in [0.2, 0.25) is 0 Å². The number of hydrogen-bond donors (Lipinski definition) is 1. The molecule has 102 valence electrons. The molecule has 0 fully saturated rings. The number of hydrogen-bond acceptors (Lipinski definition) is 2. The van der Waals surface area contributed by atoms with Gasteiger partial charge in [-0.15, -0.1) is 0 Å². The largest absolute Gasteiger partial charge is 0.456 e. The average molecular weight is 262 g/mol. The van der Waals surface area contributed by atoms with Crippen LogP contribution in [0.1, 0.15) is 39.0 Å². The van der Waals surface area contributed by atoms with Crippen LogP contribution in [-0.2, 0) is 4.79 Å². The zero-order valence-electron chi connectivity index (χ0n) is 9.36. The molecule has 0 radical (unpaired) electrons. The van der Waals surface area contributed by atoms with Crippen LogP contribution < -0.4 is 0 Å². The molecule has 0 amide bonds. The Morgan fingerprint density at radius 3 is 2.06 bits per heavy atom. The van der Waals surface area contributed by atoms with Crippen molar-refractivity contribution in [1.29, 1.82) is 0 Å². The fourth-order valence-electron chi connectivity index (χ4n) is 1.29. The summed E-state index contributed by atoms with van der Waals surface area (Å²) in [6.45, 7) is 1.87. The van der Waals surface area contributed by atoms with Gasteiger partial charge >= 0.3 is 17.9 Å². The van der Waals surface area contributed by atoms with Gasteiger partial charge in [-0.25, -0.2) is 0 Å². The van der Waals surface area contributed by atoms with E-state index in [4.69, 9.17) is 5.11 Å². The van der Waals surface area contributed by atoms with Crippen molar-refractivity contribution in [3.8, 4) is 0 Å². The third kappa shape index (κ3) is 4.97. The molecule has 0 aliphatic heterocycles. The number of halogens is 5.